The van der Waals surface area contributed by atoms with Crippen molar-refractivity contribution >= 4 is 5.69 Å². The molecular weight excluding hydrogens is 170 g/mol. The summed E-state index contributed by atoms with van der Waals surface area (Å²) >= 11 is 0. The second-order valence-electron chi connectivity index (χ2n) is 4.92. The smallest absolute Gasteiger partial charge is 0.0372 e. The molecule has 0 saturated carbocycles. The van der Waals surface area contributed by atoms with Crippen molar-refractivity contribution < 1.29 is 0 Å². The van der Waals surface area contributed by atoms with E-state index in [4.69, 9.17) is 0 Å². The Morgan fingerprint density at radius 1 is 1.14 bits per heavy atom. The van der Waals surface area contributed by atoms with Crippen molar-refractivity contribution in [3.63, 3.8) is 0 Å². The predicted molar refractivity (Wildman–Crippen MR) is 63.8 cm³/mol. The highest BCUT2D eigenvalue weighted by molar-refractivity contribution is 5.51. The summed E-state index contributed by atoms with van der Waals surface area (Å²) in [6.07, 6.45) is 1.09. The summed E-state index contributed by atoms with van der Waals surface area (Å²) in [4.78, 5) is 0. The first-order valence-corrected chi connectivity index (χ1v) is 5.35. The summed E-state index contributed by atoms with van der Waals surface area (Å²) in [7, 11) is 0. The standard InChI is InChI=1S/C13H21N/c1-5-11-8-6-7-9-12(11)14-10-13(2,3)4/h6-9,14H,5,10H2,1-4H3. The lowest BCUT2D eigenvalue weighted by atomic mass is 9.96. The first-order valence-electron chi connectivity index (χ1n) is 5.35. The highest BCUT2D eigenvalue weighted by Gasteiger charge is 2.09. The Morgan fingerprint density at radius 3 is 2.36 bits per heavy atom. The van der Waals surface area contributed by atoms with E-state index < -0.39 is 0 Å². The summed E-state index contributed by atoms with van der Waals surface area (Å²) < 4.78 is 0. The van der Waals surface area contributed by atoms with Crippen molar-refractivity contribution in [3.05, 3.63) is 29.8 Å². The number of anilines is 1. The average Bonchev–Trinajstić information content (AvgIpc) is 2.14. The van der Waals surface area contributed by atoms with Crippen LogP contribution in [0.25, 0.3) is 0 Å². The van der Waals surface area contributed by atoms with Gasteiger partial charge >= 0.3 is 0 Å². The Kier molecular flexibility index (Phi) is 3.56. The monoisotopic (exact) mass is 191 g/mol. The van der Waals surface area contributed by atoms with Crippen LogP contribution in [-0.2, 0) is 6.42 Å². The Morgan fingerprint density at radius 2 is 1.79 bits per heavy atom. The van der Waals surface area contributed by atoms with Gasteiger partial charge in [-0.1, -0.05) is 45.9 Å². The van der Waals surface area contributed by atoms with Crippen molar-refractivity contribution in [2.45, 2.75) is 34.1 Å². The van der Waals surface area contributed by atoms with Gasteiger partial charge in [-0.05, 0) is 23.5 Å². The van der Waals surface area contributed by atoms with E-state index in [2.05, 4.69) is 57.3 Å². The molecule has 0 aliphatic carbocycles. The molecule has 0 fully saturated rings. The molecule has 0 amide bonds. The Balaban J connectivity index is 2.67. The number of hydrogen-bond acceptors (Lipinski definition) is 1. The molecular formula is C13H21N. The first-order chi connectivity index (χ1) is 6.53. The quantitative estimate of drug-likeness (QED) is 0.768. The van der Waals surface area contributed by atoms with Crippen LogP contribution in [-0.4, -0.2) is 6.54 Å². The van der Waals surface area contributed by atoms with Gasteiger partial charge in [-0.3, -0.25) is 0 Å². The third-order valence-corrected chi connectivity index (χ3v) is 2.21. The van der Waals surface area contributed by atoms with E-state index in [1.807, 2.05) is 0 Å². The minimum absolute atomic E-state index is 0.334. The fraction of sp³-hybridized carbons (Fsp3) is 0.538. The number of aryl methyl sites for hydroxylation is 1. The molecule has 1 N–H and O–H groups in total. The van der Waals surface area contributed by atoms with Gasteiger partial charge in [0.25, 0.3) is 0 Å². The van der Waals surface area contributed by atoms with Gasteiger partial charge in [-0.15, -0.1) is 0 Å². The molecule has 78 valence electrons. The molecule has 1 heteroatoms. The van der Waals surface area contributed by atoms with Crippen molar-refractivity contribution in [2.75, 3.05) is 11.9 Å². The maximum Gasteiger partial charge on any atom is 0.0372 e. The molecule has 0 heterocycles. The van der Waals surface area contributed by atoms with Crippen LogP contribution in [0.5, 0.6) is 0 Å². The fourth-order valence-corrected chi connectivity index (χ4v) is 1.36. The van der Waals surface area contributed by atoms with Gasteiger partial charge in [0.15, 0.2) is 0 Å². The van der Waals surface area contributed by atoms with Crippen LogP contribution in [0.1, 0.15) is 33.3 Å². The molecule has 1 aromatic rings. The molecule has 0 atom stereocenters. The van der Waals surface area contributed by atoms with Crippen molar-refractivity contribution in [3.8, 4) is 0 Å². The summed E-state index contributed by atoms with van der Waals surface area (Å²) in [5.74, 6) is 0. The lowest BCUT2D eigenvalue weighted by molar-refractivity contribution is 0.443. The van der Waals surface area contributed by atoms with E-state index in [1.54, 1.807) is 0 Å². The maximum atomic E-state index is 3.50. The summed E-state index contributed by atoms with van der Waals surface area (Å²) in [5.41, 5.74) is 3.02. The molecule has 0 aliphatic heterocycles. The molecule has 0 aliphatic rings. The van der Waals surface area contributed by atoms with E-state index in [9.17, 15) is 0 Å². The number of para-hydroxylation sites is 1. The zero-order valence-electron chi connectivity index (χ0n) is 9.72. The van der Waals surface area contributed by atoms with Gasteiger partial charge in [0, 0.05) is 12.2 Å². The minimum atomic E-state index is 0.334. The molecule has 0 radical (unpaired) electrons. The van der Waals surface area contributed by atoms with Crippen LogP contribution in [0.15, 0.2) is 24.3 Å². The van der Waals surface area contributed by atoms with Gasteiger partial charge in [-0.25, -0.2) is 0 Å². The molecule has 0 unspecified atom stereocenters. The summed E-state index contributed by atoms with van der Waals surface area (Å²) in [5, 5.41) is 3.50. The highest BCUT2D eigenvalue weighted by Crippen LogP contribution is 2.19. The van der Waals surface area contributed by atoms with E-state index in [-0.39, 0.29) is 0 Å². The van der Waals surface area contributed by atoms with Crippen LogP contribution < -0.4 is 5.32 Å². The zero-order chi connectivity index (χ0) is 10.6. The van der Waals surface area contributed by atoms with Crippen molar-refractivity contribution in [2.24, 2.45) is 5.41 Å². The third kappa shape index (κ3) is 3.41. The molecule has 0 bridgehead atoms. The first kappa shape index (κ1) is 11.1. The predicted octanol–water partition coefficient (Wildman–Crippen LogP) is 3.71. The van der Waals surface area contributed by atoms with Crippen LogP contribution in [0, 0.1) is 5.41 Å². The zero-order valence-corrected chi connectivity index (χ0v) is 9.72. The van der Waals surface area contributed by atoms with Gasteiger partial charge in [0.2, 0.25) is 0 Å². The number of nitrogens with one attached hydrogen (secondary N) is 1. The number of benzene rings is 1. The fourth-order valence-electron chi connectivity index (χ4n) is 1.36. The Labute approximate surface area is 87.5 Å². The van der Waals surface area contributed by atoms with Gasteiger partial charge in [0.1, 0.15) is 0 Å². The number of hydrogen-bond donors (Lipinski definition) is 1. The van der Waals surface area contributed by atoms with E-state index in [1.165, 1.54) is 11.3 Å². The van der Waals surface area contributed by atoms with Crippen LogP contribution in [0.4, 0.5) is 5.69 Å². The summed E-state index contributed by atoms with van der Waals surface area (Å²) in [6, 6.07) is 8.53. The number of rotatable bonds is 3. The van der Waals surface area contributed by atoms with Crippen LogP contribution in [0.3, 0.4) is 0 Å². The van der Waals surface area contributed by atoms with E-state index in [0.29, 0.717) is 5.41 Å². The molecule has 14 heavy (non-hydrogen) atoms. The van der Waals surface area contributed by atoms with Gasteiger partial charge in [-0.2, -0.15) is 0 Å². The Bertz CT molecular complexity index is 284. The Hall–Kier alpha value is -0.980. The minimum Gasteiger partial charge on any atom is -0.384 e. The van der Waals surface area contributed by atoms with Crippen LogP contribution in [0.2, 0.25) is 0 Å². The van der Waals surface area contributed by atoms with Crippen LogP contribution >= 0.6 is 0 Å². The normalized spacial score (nSPS) is 11.4. The van der Waals surface area contributed by atoms with E-state index in [0.717, 1.165) is 13.0 Å². The third-order valence-electron chi connectivity index (χ3n) is 2.21. The molecule has 0 aromatic heterocycles. The summed E-state index contributed by atoms with van der Waals surface area (Å²) in [6.45, 7) is 9.94. The SMILES string of the molecule is CCc1ccccc1NCC(C)(C)C. The highest BCUT2D eigenvalue weighted by atomic mass is 14.9. The molecule has 0 spiro atoms. The lowest BCUT2D eigenvalue weighted by Crippen LogP contribution is -2.19. The largest absolute Gasteiger partial charge is 0.384 e. The van der Waals surface area contributed by atoms with E-state index >= 15 is 0 Å². The molecule has 0 saturated heterocycles. The molecule has 1 nitrogen and oxygen atoms in total. The lowest BCUT2D eigenvalue weighted by Gasteiger charge is -2.20. The van der Waals surface area contributed by atoms with Gasteiger partial charge in [0.05, 0.1) is 0 Å². The second-order valence-corrected chi connectivity index (χ2v) is 4.92. The average molecular weight is 191 g/mol. The van der Waals surface area contributed by atoms with Crippen molar-refractivity contribution in [1.82, 2.24) is 0 Å². The maximum absolute atomic E-state index is 3.50. The topological polar surface area (TPSA) is 12.0 Å². The second kappa shape index (κ2) is 4.50. The van der Waals surface area contributed by atoms with Crippen molar-refractivity contribution in [1.29, 1.82) is 0 Å². The molecule has 1 aromatic carbocycles. The van der Waals surface area contributed by atoms with Gasteiger partial charge < -0.3 is 5.32 Å². The molecule has 1 rings (SSSR count).